The summed E-state index contributed by atoms with van der Waals surface area (Å²) in [6.07, 6.45) is 0. The molecule has 2 aromatic rings. The maximum Gasteiger partial charge on any atom is 0.339 e. The van der Waals surface area contributed by atoms with Crippen LogP contribution in [0, 0.1) is 6.92 Å². The summed E-state index contributed by atoms with van der Waals surface area (Å²) in [6.45, 7) is 1.87. The molecule has 6 heteroatoms. The highest BCUT2D eigenvalue weighted by atomic mass is 16.7. The van der Waals surface area contributed by atoms with Crippen LogP contribution in [-0.4, -0.2) is 22.9 Å². The monoisotopic (exact) mass is 260 g/mol. The highest BCUT2D eigenvalue weighted by Gasteiger charge is 2.21. The molecule has 19 heavy (non-hydrogen) atoms. The van der Waals surface area contributed by atoms with Crippen LogP contribution in [-0.2, 0) is 0 Å². The fourth-order valence-corrected chi connectivity index (χ4v) is 2.20. The number of nitrogen functional groups attached to an aromatic ring is 1. The van der Waals surface area contributed by atoms with E-state index in [9.17, 15) is 4.79 Å². The second-order valence-electron chi connectivity index (χ2n) is 4.29. The van der Waals surface area contributed by atoms with Crippen molar-refractivity contribution in [3.63, 3.8) is 0 Å². The average molecular weight is 260 g/mol. The SMILES string of the molecule is Cc1[nH]c(-c2ccc3c(c2)OCO3)c(N)c1C(=O)O. The quantitative estimate of drug-likeness (QED) is 0.767. The molecule has 0 bridgehead atoms. The van der Waals surface area contributed by atoms with Crippen LogP contribution >= 0.6 is 0 Å². The fourth-order valence-electron chi connectivity index (χ4n) is 2.20. The Hall–Kier alpha value is -2.63. The van der Waals surface area contributed by atoms with Gasteiger partial charge in [0.25, 0.3) is 0 Å². The standard InChI is InChI=1S/C13H12N2O4/c1-6-10(13(16)17)11(14)12(15-6)7-2-3-8-9(4-7)19-5-18-8/h2-4,15H,5,14H2,1H3,(H,16,17). The van der Waals surface area contributed by atoms with E-state index < -0.39 is 5.97 Å². The largest absolute Gasteiger partial charge is 0.478 e. The Morgan fingerprint density at radius 1 is 1.37 bits per heavy atom. The van der Waals surface area contributed by atoms with Crippen LogP contribution < -0.4 is 15.2 Å². The first-order valence-corrected chi connectivity index (χ1v) is 5.69. The number of aromatic amines is 1. The number of fused-ring (bicyclic) bond motifs is 1. The Labute approximate surface area is 108 Å². The van der Waals surface area contributed by atoms with Crippen molar-refractivity contribution in [3.05, 3.63) is 29.5 Å². The first-order chi connectivity index (χ1) is 9.08. The predicted molar refractivity (Wildman–Crippen MR) is 68.5 cm³/mol. The van der Waals surface area contributed by atoms with E-state index in [1.165, 1.54) is 0 Å². The molecule has 0 atom stereocenters. The molecule has 0 saturated heterocycles. The number of aromatic nitrogens is 1. The Bertz CT molecular complexity index is 676. The Kier molecular flexibility index (Phi) is 2.38. The maximum absolute atomic E-state index is 11.1. The van der Waals surface area contributed by atoms with E-state index in [1.54, 1.807) is 25.1 Å². The van der Waals surface area contributed by atoms with Gasteiger partial charge < -0.3 is 25.3 Å². The van der Waals surface area contributed by atoms with Gasteiger partial charge in [-0.2, -0.15) is 0 Å². The summed E-state index contributed by atoms with van der Waals surface area (Å²) in [5, 5.41) is 9.12. The van der Waals surface area contributed by atoms with E-state index in [-0.39, 0.29) is 18.0 Å². The highest BCUT2D eigenvalue weighted by molar-refractivity contribution is 5.99. The zero-order valence-electron chi connectivity index (χ0n) is 10.2. The number of carbonyl (C=O) groups is 1. The summed E-state index contributed by atoms with van der Waals surface area (Å²) in [6, 6.07) is 5.35. The minimum Gasteiger partial charge on any atom is -0.478 e. The molecule has 0 amide bonds. The number of carboxylic acid groups (broad SMARTS) is 1. The highest BCUT2D eigenvalue weighted by Crippen LogP contribution is 2.38. The number of aryl methyl sites for hydroxylation is 1. The van der Waals surface area contributed by atoms with Gasteiger partial charge in [0, 0.05) is 11.3 Å². The lowest BCUT2D eigenvalue weighted by Crippen LogP contribution is -2.01. The number of aromatic carboxylic acids is 1. The predicted octanol–water partition coefficient (Wildman–Crippen LogP) is 2.00. The van der Waals surface area contributed by atoms with Crippen LogP contribution in [0.5, 0.6) is 11.5 Å². The number of anilines is 1. The van der Waals surface area contributed by atoms with Crippen molar-refractivity contribution in [1.82, 2.24) is 4.98 Å². The third-order valence-electron chi connectivity index (χ3n) is 3.10. The van der Waals surface area contributed by atoms with Gasteiger partial charge >= 0.3 is 5.97 Å². The lowest BCUT2D eigenvalue weighted by molar-refractivity contribution is 0.0697. The van der Waals surface area contributed by atoms with Crippen molar-refractivity contribution in [1.29, 1.82) is 0 Å². The molecule has 1 aromatic heterocycles. The van der Waals surface area contributed by atoms with Crippen molar-refractivity contribution in [2.24, 2.45) is 0 Å². The lowest BCUT2D eigenvalue weighted by atomic mass is 10.1. The van der Waals surface area contributed by atoms with Gasteiger partial charge in [-0.3, -0.25) is 0 Å². The number of carboxylic acids is 1. The van der Waals surface area contributed by atoms with Crippen LogP contribution in [0.4, 0.5) is 5.69 Å². The third-order valence-corrected chi connectivity index (χ3v) is 3.10. The Balaban J connectivity index is 2.12. The summed E-state index contributed by atoms with van der Waals surface area (Å²) in [5.74, 6) is 0.253. The van der Waals surface area contributed by atoms with Crippen molar-refractivity contribution in [2.45, 2.75) is 6.92 Å². The maximum atomic E-state index is 11.1. The molecule has 0 unspecified atom stereocenters. The molecule has 98 valence electrons. The lowest BCUT2D eigenvalue weighted by Gasteiger charge is -2.02. The molecule has 1 aliphatic heterocycles. The van der Waals surface area contributed by atoms with Gasteiger partial charge in [-0.1, -0.05) is 0 Å². The van der Waals surface area contributed by atoms with Crippen LogP contribution in [0.25, 0.3) is 11.3 Å². The number of hydrogen-bond donors (Lipinski definition) is 3. The number of rotatable bonds is 2. The number of benzene rings is 1. The van der Waals surface area contributed by atoms with Crippen LogP contribution in [0.2, 0.25) is 0 Å². The smallest absolute Gasteiger partial charge is 0.339 e. The van der Waals surface area contributed by atoms with Crippen molar-refractivity contribution >= 4 is 11.7 Å². The van der Waals surface area contributed by atoms with Crippen molar-refractivity contribution in [3.8, 4) is 22.8 Å². The molecule has 6 nitrogen and oxygen atoms in total. The molecule has 3 rings (SSSR count). The average Bonchev–Trinajstić information content (AvgIpc) is 2.92. The minimum atomic E-state index is -1.04. The molecule has 0 fully saturated rings. The molecule has 0 spiro atoms. The molecule has 0 aliphatic carbocycles. The van der Waals surface area contributed by atoms with Gasteiger partial charge in [0.2, 0.25) is 6.79 Å². The van der Waals surface area contributed by atoms with Crippen molar-refractivity contribution in [2.75, 3.05) is 12.5 Å². The zero-order valence-corrected chi connectivity index (χ0v) is 10.2. The second kappa shape index (κ2) is 3.94. The first kappa shape index (κ1) is 11.5. The van der Waals surface area contributed by atoms with Crippen LogP contribution in [0.3, 0.4) is 0 Å². The molecule has 2 heterocycles. The minimum absolute atomic E-state index is 0.104. The molecule has 0 saturated carbocycles. The van der Waals surface area contributed by atoms with E-state index in [4.69, 9.17) is 20.3 Å². The van der Waals surface area contributed by atoms with E-state index >= 15 is 0 Å². The number of H-pyrrole nitrogens is 1. The van der Waals surface area contributed by atoms with Crippen LogP contribution in [0.1, 0.15) is 16.1 Å². The molecular formula is C13H12N2O4. The van der Waals surface area contributed by atoms with E-state index in [2.05, 4.69) is 4.98 Å². The van der Waals surface area contributed by atoms with Crippen molar-refractivity contribution < 1.29 is 19.4 Å². The number of nitrogens with two attached hydrogens (primary N) is 1. The molecule has 4 N–H and O–H groups in total. The molecule has 0 radical (unpaired) electrons. The fraction of sp³-hybridized carbons (Fsp3) is 0.154. The normalized spacial score (nSPS) is 12.7. The topological polar surface area (TPSA) is 97.6 Å². The Morgan fingerprint density at radius 3 is 2.79 bits per heavy atom. The summed E-state index contributed by atoms with van der Waals surface area (Å²) in [4.78, 5) is 14.1. The second-order valence-corrected chi connectivity index (χ2v) is 4.29. The molecule has 1 aliphatic rings. The van der Waals surface area contributed by atoms with Crippen LogP contribution in [0.15, 0.2) is 18.2 Å². The van der Waals surface area contributed by atoms with E-state index in [0.717, 1.165) is 5.56 Å². The van der Waals surface area contributed by atoms with Gasteiger partial charge in [-0.05, 0) is 25.1 Å². The van der Waals surface area contributed by atoms with Gasteiger partial charge in [-0.25, -0.2) is 4.79 Å². The number of nitrogens with one attached hydrogen (secondary N) is 1. The Morgan fingerprint density at radius 2 is 2.11 bits per heavy atom. The zero-order chi connectivity index (χ0) is 13.6. The van der Waals surface area contributed by atoms with Gasteiger partial charge in [0.15, 0.2) is 11.5 Å². The molecule has 1 aromatic carbocycles. The van der Waals surface area contributed by atoms with Gasteiger partial charge in [0.05, 0.1) is 11.4 Å². The van der Waals surface area contributed by atoms with Gasteiger partial charge in [-0.15, -0.1) is 0 Å². The summed E-state index contributed by atoms with van der Waals surface area (Å²) in [7, 11) is 0. The summed E-state index contributed by atoms with van der Waals surface area (Å²) in [5.41, 5.74) is 8.09. The first-order valence-electron chi connectivity index (χ1n) is 5.69. The third kappa shape index (κ3) is 1.69. The molecular weight excluding hydrogens is 248 g/mol. The van der Waals surface area contributed by atoms with E-state index in [0.29, 0.717) is 22.9 Å². The number of hydrogen-bond acceptors (Lipinski definition) is 4. The number of ether oxygens (including phenoxy) is 2. The van der Waals surface area contributed by atoms with Gasteiger partial charge in [0.1, 0.15) is 5.56 Å². The summed E-state index contributed by atoms with van der Waals surface area (Å²) < 4.78 is 10.5. The summed E-state index contributed by atoms with van der Waals surface area (Å²) >= 11 is 0. The van der Waals surface area contributed by atoms with E-state index in [1.807, 2.05) is 0 Å².